The van der Waals surface area contributed by atoms with E-state index < -0.39 is 0 Å². The fourth-order valence-electron chi connectivity index (χ4n) is 2.20. The Bertz CT molecular complexity index is 326. The van der Waals surface area contributed by atoms with Crippen molar-refractivity contribution in [2.75, 3.05) is 26.8 Å². The Labute approximate surface area is 122 Å². The van der Waals surface area contributed by atoms with Gasteiger partial charge in [-0.1, -0.05) is 43.5 Å². The second kappa shape index (κ2) is 10.2. The summed E-state index contributed by atoms with van der Waals surface area (Å²) in [5.74, 6) is 0.693. The molecule has 0 aliphatic heterocycles. The number of rotatable bonds is 10. The van der Waals surface area contributed by atoms with Crippen LogP contribution in [0.2, 0.25) is 5.02 Å². The lowest BCUT2D eigenvalue weighted by atomic mass is 9.94. The molecule has 0 saturated heterocycles. The summed E-state index contributed by atoms with van der Waals surface area (Å²) in [6, 6.07) is 8.23. The number of halogens is 1. The molecule has 19 heavy (non-hydrogen) atoms. The van der Waals surface area contributed by atoms with Crippen LogP contribution >= 0.6 is 11.6 Å². The molecular weight excluding hydrogens is 258 g/mol. The van der Waals surface area contributed by atoms with Gasteiger partial charge >= 0.3 is 0 Å². The summed E-state index contributed by atoms with van der Waals surface area (Å²) in [6.07, 6.45) is 4.95. The smallest absolute Gasteiger partial charge is 0.0587 e. The summed E-state index contributed by atoms with van der Waals surface area (Å²) in [5, 5.41) is 4.29. The molecular formula is C16H26ClNO. The molecule has 0 bridgehead atoms. The van der Waals surface area contributed by atoms with E-state index in [0.29, 0.717) is 5.92 Å². The van der Waals surface area contributed by atoms with Gasteiger partial charge in [0.15, 0.2) is 0 Å². The molecule has 1 atom stereocenters. The van der Waals surface area contributed by atoms with Crippen LogP contribution < -0.4 is 5.32 Å². The standard InChI is InChI=1S/C16H26ClNO/c1-3-4-5-15(13-18-10-11-19-2)12-14-6-8-16(17)9-7-14/h6-9,15,18H,3-5,10-13H2,1-2H3. The van der Waals surface area contributed by atoms with E-state index in [0.717, 1.165) is 31.1 Å². The van der Waals surface area contributed by atoms with Crippen molar-refractivity contribution in [1.29, 1.82) is 0 Å². The first kappa shape index (κ1) is 16.5. The summed E-state index contributed by atoms with van der Waals surface area (Å²) in [5.41, 5.74) is 1.37. The zero-order chi connectivity index (χ0) is 13.9. The lowest BCUT2D eigenvalue weighted by molar-refractivity contribution is 0.197. The van der Waals surface area contributed by atoms with E-state index in [1.165, 1.54) is 24.8 Å². The Hall–Kier alpha value is -0.570. The summed E-state index contributed by atoms with van der Waals surface area (Å²) >= 11 is 5.92. The minimum absolute atomic E-state index is 0.693. The van der Waals surface area contributed by atoms with Crippen molar-refractivity contribution in [3.63, 3.8) is 0 Å². The number of hydrogen-bond donors (Lipinski definition) is 1. The highest BCUT2D eigenvalue weighted by Gasteiger charge is 2.09. The van der Waals surface area contributed by atoms with Gasteiger partial charge in [0.1, 0.15) is 0 Å². The highest BCUT2D eigenvalue weighted by atomic mass is 35.5. The Balaban J connectivity index is 2.41. The SMILES string of the molecule is CCCCC(CNCCOC)Cc1ccc(Cl)cc1. The normalized spacial score (nSPS) is 12.6. The molecule has 0 amide bonds. The van der Waals surface area contributed by atoms with E-state index >= 15 is 0 Å². The maximum Gasteiger partial charge on any atom is 0.0587 e. The van der Waals surface area contributed by atoms with Crippen LogP contribution in [0.25, 0.3) is 0 Å². The molecule has 1 unspecified atom stereocenters. The second-order valence-electron chi connectivity index (χ2n) is 5.04. The van der Waals surface area contributed by atoms with E-state index in [1.54, 1.807) is 7.11 Å². The molecule has 0 aliphatic rings. The molecule has 0 aromatic heterocycles. The number of unbranched alkanes of at least 4 members (excludes halogenated alkanes) is 1. The van der Waals surface area contributed by atoms with Crippen LogP contribution in [0.3, 0.4) is 0 Å². The summed E-state index contributed by atoms with van der Waals surface area (Å²) in [4.78, 5) is 0. The van der Waals surface area contributed by atoms with E-state index in [4.69, 9.17) is 16.3 Å². The van der Waals surface area contributed by atoms with Crippen LogP contribution in [-0.2, 0) is 11.2 Å². The third kappa shape index (κ3) is 7.56. The highest BCUT2D eigenvalue weighted by molar-refractivity contribution is 6.30. The summed E-state index contributed by atoms with van der Waals surface area (Å²) in [7, 11) is 1.74. The molecule has 0 spiro atoms. The molecule has 0 saturated carbocycles. The lowest BCUT2D eigenvalue weighted by Crippen LogP contribution is -2.27. The molecule has 1 N–H and O–H groups in total. The molecule has 0 radical (unpaired) electrons. The Kier molecular flexibility index (Phi) is 8.89. The van der Waals surface area contributed by atoms with Gasteiger partial charge in [0, 0.05) is 18.7 Å². The van der Waals surface area contributed by atoms with Gasteiger partial charge in [-0.2, -0.15) is 0 Å². The number of hydrogen-bond acceptors (Lipinski definition) is 2. The third-order valence-electron chi connectivity index (χ3n) is 3.32. The minimum Gasteiger partial charge on any atom is -0.383 e. The van der Waals surface area contributed by atoms with Gasteiger partial charge in [-0.3, -0.25) is 0 Å². The van der Waals surface area contributed by atoms with Crippen LogP contribution in [0.1, 0.15) is 31.7 Å². The maximum atomic E-state index is 5.92. The van der Waals surface area contributed by atoms with Crippen molar-refractivity contribution in [1.82, 2.24) is 5.32 Å². The first-order valence-electron chi connectivity index (χ1n) is 7.20. The quantitative estimate of drug-likeness (QED) is 0.657. The molecule has 1 aromatic rings. The van der Waals surface area contributed by atoms with Crippen molar-refractivity contribution in [3.05, 3.63) is 34.9 Å². The number of ether oxygens (including phenoxy) is 1. The van der Waals surface area contributed by atoms with Gasteiger partial charge in [0.2, 0.25) is 0 Å². The minimum atomic E-state index is 0.693. The molecule has 108 valence electrons. The third-order valence-corrected chi connectivity index (χ3v) is 3.57. The van der Waals surface area contributed by atoms with Crippen molar-refractivity contribution < 1.29 is 4.74 Å². The summed E-state index contributed by atoms with van der Waals surface area (Å²) in [6.45, 7) is 5.02. The van der Waals surface area contributed by atoms with E-state index in [1.807, 2.05) is 12.1 Å². The van der Waals surface area contributed by atoms with Gasteiger partial charge in [-0.25, -0.2) is 0 Å². The monoisotopic (exact) mass is 283 g/mol. The van der Waals surface area contributed by atoms with E-state index in [2.05, 4.69) is 24.4 Å². The van der Waals surface area contributed by atoms with E-state index in [-0.39, 0.29) is 0 Å². The van der Waals surface area contributed by atoms with Gasteiger partial charge in [-0.15, -0.1) is 0 Å². The Morgan fingerprint density at radius 1 is 1.26 bits per heavy atom. The summed E-state index contributed by atoms with van der Waals surface area (Å²) < 4.78 is 5.06. The second-order valence-corrected chi connectivity index (χ2v) is 5.47. The number of nitrogens with one attached hydrogen (secondary N) is 1. The molecule has 0 fully saturated rings. The van der Waals surface area contributed by atoms with Crippen LogP contribution in [0.5, 0.6) is 0 Å². The molecule has 1 aromatic carbocycles. The number of benzene rings is 1. The van der Waals surface area contributed by atoms with Crippen LogP contribution in [-0.4, -0.2) is 26.8 Å². The zero-order valence-electron chi connectivity index (χ0n) is 12.1. The van der Waals surface area contributed by atoms with Crippen molar-refractivity contribution in [2.45, 2.75) is 32.6 Å². The van der Waals surface area contributed by atoms with Crippen LogP contribution in [0.15, 0.2) is 24.3 Å². The van der Waals surface area contributed by atoms with Crippen molar-refractivity contribution >= 4 is 11.6 Å². The van der Waals surface area contributed by atoms with Gasteiger partial charge < -0.3 is 10.1 Å². The van der Waals surface area contributed by atoms with E-state index in [9.17, 15) is 0 Å². The lowest BCUT2D eigenvalue weighted by Gasteiger charge is -2.17. The Morgan fingerprint density at radius 3 is 2.63 bits per heavy atom. The zero-order valence-corrected chi connectivity index (χ0v) is 12.9. The average Bonchev–Trinajstić information content (AvgIpc) is 2.43. The first-order valence-corrected chi connectivity index (χ1v) is 7.58. The van der Waals surface area contributed by atoms with Gasteiger partial charge in [-0.05, 0) is 43.0 Å². The van der Waals surface area contributed by atoms with Gasteiger partial charge in [0.25, 0.3) is 0 Å². The predicted octanol–water partition coefficient (Wildman–Crippen LogP) is 3.92. The first-order chi connectivity index (χ1) is 9.26. The van der Waals surface area contributed by atoms with Crippen molar-refractivity contribution in [2.24, 2.45) is 5.92 Å². The predicted molar refractivity (Wildman–Crippen MR) is 82.9 cm³/mol. The maximum absolute atomic E-state index is 5.92. The largest absolute Gasteiger partial charge is 0.383 e. The van der Waals surface area contributed by atoms with Crippen molar-refractivity contribution in [3.8, 4) is 0 Å². The number of methoxy groups -OCH3 is 1. The Morgan fingerprint density at radius 2 is 2.00 bits per heavy atom. The molecule has 0 aliphatic carbocycles. The average molecular weight is 284 g/mol. The molecule has 3 heteroatoms. The fourth-order valence-corrected chi connectivity index (χ4v) is 2.33. The fraction of sp³-hybridized carbons (Fsp3) is 0.625. The van der Waals surface area contributed by atoms with Gasteiger partial charge in [0.05, 0.1) is 6.61 Å². The van der Waals surface area contributed by atoms with Crippen LogP contribution in [0.4, 0.5) is 0 Å². The van der Waals surface area contributed by atoms with Crippen LogP contribution in [0, 0.1) is 5.92 Å². The molecule has 1 rings (SSSR count). The molecule has 2 nitrogen and oxygen atoms in total. The highest BCUT2D eigenvalue weighted by Crippen LogP contribution is 2.17. The topological polar surface area (TPSA) is 21.3 Å². The molecule has 0 heterocycles.